The normalized spacial score (nSPS) is 17.3. The minimum atomic E-state index is -0.737. The number of rotatable bonds is 6. The van der Waals surface area contributed by atoms with Gasteiger partial charge in [0, 0.05) is 34.2 Å². The van der Waals surface area contributed by atoms with Gasteiger partial charge in [0.2, 0.25) is 0 Å². The molecule has 1 atom stereocenters. The second-order valence-corrected chi connectivity index (χ2v) is 8.82. The molecule has 1 saturated heterocycles. The van der Waals surface area contributed by atoms with Crippen molar-refractivity contribution in [2.75, 3.05) is 13.7 Å². The van der Waals surface area contributed by atoms with Gasteiger partial charge in [-0.25, -0.2) is 0 Å². The summed E-state index contributed by atoms with van der Waals surface area (Å²) in [5.74, 6) is -0.951. The van der Waals surface area contributed by atoms with Crippen LogP contribution >= 0.6 is 11.6 Å². The molecule has 1 aliphatic rings. The van der Waals surface area contributed by atoms with E-state index in [2.05, 4.69) is 4.98 Å². The van der Waals surface area contributed by atoms with Crippen molar-refractivity contribution in [2.45, 2.75) is 12.5 Å². The number of amides is 1. The number of halogens is 1. The number of aliphatic hydroxyl groups excluding tert-OH is 1. The fourth-order valence-electron chi connectivity index (χ4n) is 4.59. The van der Waals surface area contributed by atoms with Crippen LogP contribution in [-0.4, -0.2) is 40.3 Å². The van der Waals surface area contributed by atoms with Gasteiger partial charge in [-0.3, -0.25) is 9.59 Å². The SMILES string of the molecule is COc1ccc(/C(O)=C2/C(=O)C(=O)N(CCc3c[nH]c4ccccc34)C2c2ccc(Cl)cc2)cc1. The van der Waals surface area contributed by atoms with Crippen LogP contribution in [0, 0.1) is 0 Å². The number of likely N-dealkylation sites (tertiary alicyclic amines) is 1. The van der Waals surface area contributed by atoms with Crippen molar-refractivity contribution in [3.63, 3.8) is 0 Å². The van der Waals surface area contributed by atoms with Gasteiger partial charge in [0.25, 0.3) is 11.7 Å². The van der Waals surface area contributed by atoms with Crippen LogP contribution in [0.4, 0.5) is 0 Å². The Balaban J connectivity index is 1.55. The average Bonchev–Trinajstić information content (AvgIpc) is 3.41. The Labute approximate surface area is 207 Å². The van der Waals surface area contributed by atoms with Gasteiger partial charge in [0.05, 0.1) is 18.7 Å². The van der Waals surface area contributed by atoms with E-state index in [1.807, 2.05) is 30.5 Å². The zero-order valence-electron chi connectivity index (χ0n) is 19.0. The van der Waals surface area contributed by atoms with Crippen LogP contribution in [0.5, 0.6) is 5.75 Å². The molecule has 6 nitrogen and oxygen atoms in total. The van der Waals surface area contributed by atoms with Crippen molar-refractivity contribution in [1.29, 1.82) is 0 Å². The molecule has 5 rings (SSSR count). The molecule has 1 aromatic heterocycles. The van der Waals surface area contributed by atoms with Crippen molar-refractivity contribution >= 4 is 40.0 Å². The smallest absolute Gasteiger partial charge is 0.295 e. The van der Waals surface area contributed by atoms with E-state index < -0.39 is 17.7 Å². The predicted molar refractivity (Wildman–Crippen MR) is 135 cm³/mol. The number of fused-ring (bicyclic) bond motifs is 1. The second-order valence-electron chi connectivity index (χ2n) is 8.38. The number of carbonyl (C=O) groups excluding carboxylic acids is 2. The maximum Gasteiger partial charge on any atom is 0.295 e. The molecule has 2 N–H and O–H groups in total. The lowest BCUT2D eigenvalue weighted by molar-refractivity contribution is -0.139. The first-order valence-electron chi connectivity index (χ1n) is 11.2. The predicted octanol–water partition coefficient (Wildman–Crippen LogP) is 5.49. The number of benzene rings is 3. The number of methoxy groups -OCH3 is 1. The summed E-state index contributed by atoms with van der Waals surface area (Å²) < 4.78 is 5.19. The fourth-order valence-corrected chi connectivity index (χ4v) is 4.71. The minimum Gasteiger partial charge on any atom is -0.507 e. The van der Waals surface area contributed by atoms with E-state index in [1.165, 1.54) is 4.90 Å². The molecule has 4 aromatic rings. The van der Waals surface area contributed by atoms with Gasteiger partial charge in [-0.2, -0.15) is 0 Å². The molecular weight excluding hydrogens is 464 g/mol. The largest absolute Gasteiger partial charge is 0.507 e. The number of aromatic nitrogens is 1. The topological polar surface area (TPSA) is 82.6 Å². The Morgan fingerprint density at radius 3 is 2.46 bits per heavy atom. The Hall–Kier alpha value is -4.03. The molecule has 1 fully saturated rings. The highest BCUT2D eigenvalue weighted by molar-refractivity contribution is 6.46. The third-order valence-electron chi connectivity index (χ3n) is 6.39. The first kappa shape index (κ1) is 22.7. The number of para-hydroxylation sites is 1. The van der Waals surface area contributed by atoms with Crippen LogP contribution in [0.2, 0.25) is 5.02 Å². The quantitative estimate of drug-likeness (QED) is 0.214. The monoisotopic (exact) mass is 486 g/mol. The van der Waals surface area contributed by atoms with Crippen LogP contribution in [0.15, 0.2) is 84.6 Å². The summed E-state index contributed by atoms with van der Waals surface area (Å²) in [5.41, 5.74) is 3.24. The molecule has 7 heteroatoms. The van der Waals surface area contributed by atoms with Gasteiger partial charge in [-0.05, 0) is 60.0 Å². The summed E-state index contributed by atoms with van der Waals surface area (Å²) >= 11 is 6.10. The van der Waals surface area contributed by atoms with E-state index >= 15 is 0 Å². The van der Waals surface area contributed by atoms with E-state index in [0.717, 1.165) is 16.5 Å². The van der Waals surface area contributed by atoms with Gasteiger partial charge in [-0.1, -0.05) is 41.9 Å². The first-order chi connectivity index (χ1) is 17.0. The van der Waals surface area contributed by atoms with Crippen LogP contribution in [0.25, 0.3) is 16.7 Å². The Kier molecular flexibility index (Phi) is 6.05. The van der Waals surface area contributed by atoms with Crippen molar-refractivity contribution in [3.8, 4) is 5.75 Å². The summed E-state index contributed by atoms with van der Waals surface area (Å²) in [6.07, 6.45) is 2.47. The average molecular weight is 487 g/mol. The molecule has 3 aromatic carbocycles. The number of aromatic amines is 1. The highest BCUT2D eigenvalue weighted by atomic mass is 35.5. The Morgan fingerprint density at radius 2 is 1.74 bits per heavy atom. The van der Waals surface area contributed by atoms with Gasteiger partial charge >= 0.3 is 0 Å². The first-order valence-corrected chi connectivity index (χ1v) is 11.6. The Bertz CT molecular complexity index is 1440. The summed E-state index contributed by atoms with van der Waals surface area (Å²) in [4.78, 5) is 31.2. The number of hydrogen-bond acceptors (Lipinski definition) is 4. The van der Waals surface area contributed by atoms with E-state index in [-0.39, 0.29) is 11.3 Å². The molecule has 1 amide bonds. The van der Waals surface area contributed by atoms with E-state index in [1.54, 1.807) is 55.6 Å². The summed E-state index contributed by atoms with van der Waals surface area (Å²) in [6.45, 7) is 0.305. The molecule has 1 unspecified atom stereocenters. The molecule has 0 saturated carbocycles. The van der Waals surface area contributed by atoms with Crippen molar-refractivity contribution in [3.05, 3.63) is 106 Å². The molecule has 0 spiro atoms. The van der Waals surface area contributed by atoms with Gasteiger partial charge in [0.15, 0.2) is 0 Å². The number of hydrogen-bond donors (Lipinski definition) is 2. The lowest BCUT2D eigenvalue weighted by Gasteiger charge is -2.25. The molecule has 35 heavy (non-hydrogen) atoms. The van der Waals surface area contributed by atoms with E-state index in [0.29, 0.717) is 34.9 Å². The third kappa shape index (κ3) is 4.17. The van der Waals surface area contributed by atoms with E-state index in [4.69, 9.17) is 16.3 Å². The van der Waals surface area contributed by atoms with Crippen LogP contribution < -0.4 is 4.74 Å². The number of Topliss-reactive ketones (excluding diaryl/α,β-unsaturated/α-hetero) is 1. The molecule has 0 aliphatic carbocycles. The van der Waals surface area contributed by atoms with Gasteiger partial charge in [0.1, 0.15) is 11.5 Å². The van der Waals surface area contributed by atoms with Crippen LogP contribution in [-0.2, 0) is 16.0 Å². The van der Waals surface area contributed by atoms with Crippen molar-refractivity contribution in [2.24, 2.45) is 0 Å². The Morgan fingerprint density at radius 1 is 1.03 bits per heavy atom. The number of H-pyrrole nitrogens is 1. The third-order valence-corrected chi connectivity index (χ3v) is 6.64. The molecule has 0 bridgehead atoms. The number of carbonyl (C=O) groups is 2. The second kappa shape index (κ2) is 9.31. The highest BCUT2D eigenvalue weighted by Crippen LogP contribution is 2.40. The fraction of sp³-hybridized carbons (Fsp3) is 0.143. The number of ether oxygens (including phenoxy) is 1. The number of nitrogens with one attached hydrogen (secondary N) is 1. The molecule has 0 radical (unpaired) electrons. The standard InChI is InChI=1S/C28H23ClN2O4/c1-35-21-12-8-18(9-13-21)26(32)24-25(17-6-10-20(29)11-7-17)31(28(34)27(24)33)15-14-19-16-30-23-5-3-2-4-22(19)23/h2-13,16,25,30,32H,14-15H2,1H3/b26-24-. The zero-order valence-corrected chi connectivity index (χ0v) is 19.8. The number of aliphatic hydroxyl groups is 1. The zero-order chi connectivity index (χ0) is 24.5. The molecule has 2 heterocycles. The van der Waals surface area contributed by atoms with Crippen LogP contribution in [0.1, 0.15) is 22.7 Å². The summed E-state index contributed by atoms with van der Waals surface area (Å²) in [6, 6.07) is 20.9. The number of nitrogens with zero attached hydrogens (tertiary/aromatic N) is 1. The number of ketones is 1. The highest BCUT2D eigenvalue weighted by Gasteiger charge is 2.45. The maximum atomic E-state index is 13.2. The van der Waals surface area contributed by atoms with Crippen LogP contribution in [0.3, 0.4) is 0 Å². The molecular formula is C28H23ClN2O4. The molecule has 1 aliphatic heterocycles. The lowest BCUT2D eigenvalue weighted by atomic mass is 9.95. The lowest BCUT2D eigenvalue weighted by Crippen LogP contribution is -2.31. The van der Waals surface area contributed by atoms with E-state index in [9.17, 15) is 14.7 Å². The van der Waals surface area contributed by atoms with Crippen molar-refractivity contribution in [1.82, 2.24) is 9.88 Å². The van der Waals surface area contributed by atoms with Gasteiger partial charge < -0.3 is 19.7 Å². The summed E-state index contributed by atoms with van der Waals surface area (Å²) in [7, 11) is 1.55. The minimum absolute atomic E-state index is 0.0569. The molecule has 176 valence electrons. The maximum absolute atomic E-state index is 13.2. The summed E-state index contributed by atoms with van der Waals surface area (Å²) in [5, 5.41) is 12.8. The van der Waals surface area contributed by atoms with Crippen molar-refractivity contribution < 1.29 is 19.4 Å². The van der Waals surface area contributed by atoms with Gasteiger partial charge in [-0.15, -0.1) is 0 Å².